The number of allylic oxidation sites excluding steroid dienone is 2. The molecule has 1 nitrogen and oxygen atoms in total. The fourth-order valence-electron chi connectivity index (χ4n) is 3.53. The van der Waals surface area contributed by atoms with Crippen LogP contribution in [0, 0.1) is 5.82 Å². The van der Waals surface area contributed by atoms with Crippen molar-refractivity contribution in [3.05, 3.63) is 58.9 Å². The summed E-state index contributed by atoms with van der Waals surface area (Å²) in [5.41, 5.74) is 3.94. The first-order valence-corrected chi connectivity index (χ1v) is 12.2. The van der Waals surface area contributed by atoms with Crippen molar-refractivity contribution in [2.45, 2.75) is 111 Å². The molecule has 0 radical (unpaired) electrons. The van der Waals surface area contributed by atoms with Crippen molar-refractivity contribution >= 4 is 0 Å². The van der Waals surface area contributed by atoms with Gasteiger partial charge in [0.15, 0.2) is 0 Å². The second-order valence-corrected chi connectivity index (χ2v) is 8.02. The zero-order chi connectivity index (χ0) is 22.8. The normalized spacial score (nSPS) is 17.0. The van der Waals surface area contributed by atoms with Crippen molar-refractivity contribution in [3.8, 4) is 0 Å². The van der Waals surface area contributed by atoms with Crippen LogP contribution in [0.15, 0.2) is 47.6 Å². The number of rotatable bonds is 5. The summed E-state index contributed by atoms with van der Waals surface area (Å²) in [6.45, 7) is 12.4. The quantitative estimate of drug-likeness (QED) is 0.433. The summed E-state index contributed by atoms with van der Waals surface area (Å²) in [5.74, 6) is 0.179. The lowest BCUT2D eigenvalue weighted by atomic mass is 9.85. The maximum atomic E-state index is 12.8. The van der Waals surface area contributed by atoms with Gasteiger partial charge in [0.2, 0.25) is 0 Å². The van der Waals surface area contributed by atoms with Crippen LogP contribution in [-0.2, 0) is 4.74 Å². The first-order valence-electron chi connectivity index (χ1n) is 12.2. The first kappa shape index (κ1) is 28.6. The lowest BCUT2D eigenvalue weighted by molar-refractivity contribution is 0.141. The van der Waals surface area contributed by atoms with E-state index in [4.69, 9.17) is 4.74 Å². The smallest absolute Gasteiger partial charge is 0.126 e. The molecule has 0 aromatic heterocycles. The number of fused-ring (bicyclic) bond motifs is 1. The Hall–Kier alpha value is -1.41. The van der Waals surface area contributed by atoms with Crippen molar-refractivity contribution in [1.29, 1.82) is 0 Å². The molecule has 30 heavy (non-hydrogen) atoms. The van der Waals surface area contributed by atoms with E-state index < -0.39 is 0 Å². The largest absolute Gasteiger partial charge is 0.377 e. The van der Waals surface area contributed by atoms with E-state index in [0.717, 1.165) is 12.0 Å². The summed E-state index contributed by atoms with van der Waals surface area (Å²) in [6, 6.07) is 6.88. The Labute approximate surface area is 186 Å². The highest BCUT2D eigenvalue weighted by atomic mass is 19.1. The molecule has 0 bridgehead atoms. The molecule has 0 spiro atoms. The number of halogens is 1. The van der Waals surface area contributed by atoms with E-state index in [1.807, 2.05) is 39.8 Å². The van der Waals surface area contributed by atoms with Crippen LogP contribution in [0.1, 0.15) is 111 Å². The number of hydrogen-bond donors (Lipinski definition) is 0. The van der Waals surface area contributed by atoms with E-state index in [1.54, 1.807) is 24.3 Å². The summed E-state index contributed by atoms with van der Waals surface area (Å²) in [7, 11) is 1.80. The molecule has 3 rings (SSSR count). The van der Waals surface area contributed by atoms with Crippen molar-refractivity contribution in [2.75, 3.05) is 7.11 Å². The van der Waals surface area contributed by atoms with E-state index in [0.29, 0.717) is 6.10 Å². The van der Waals surface area contributed by atoms with Crippen molar-refractivity contribution in [2.24, 2.45) is 0 Å². The Kier molecular flexibility index (Phi) is 17.5. The highest BCUT2D eigenvalue weighted by Gasteiger charge is 2.17. The molecule has 0 N–H and O–H groups in total. The van der Waals surface area contributed by atoms with Crippen molar-refractivity contribution in [1.82, 2.24) is 0 Å². The van der Waals surface area contributed by atoms with Crippen LogP contribution in [0.25, 0.3) is 0 Å². The third-order valence-electron chi connectivity index (χ3n) is 5.33. The molecule has 1 saturated carbocycles. The molecular weight excluding hydrogens is 371 g/mol. The van der Waals surface area contributed by atoms with Gasteiger partial charge < -0.3 is 4.74 Å². The lowest BCUT2D eigenvalue weighted by Crippen LogP contribution is -2.13. The van der Waals surface area contributed by atoms with Crippen LogP contribution in [-0.4, -0.2) is 13.2 Å². The van der Waals surface area contributed by atoms with Crippen LogP contribution < -0.4 is 0 Å². The predicted octanol–water partition coefficient (Wildman–Crippen LogP) is 9.39. The van der Waals surface area contributed by atoms with Gasteiger partial charge in [-0.3, -0.25) is 0 Å². The van der Waals surface area contributed by atoms with Gasteiger partial charge in [-0.1, -0.05) is 97.6 Å². The van der Waals surface area contributed by atoms with Crippen LogP contribution in [0.4, 0.5) is 4.39 Å². The number of ether oxygens (including phenoxy) is 1. The minimum Gasteiger partial charge on any atom is -0.377 e. The molecule has 2 aliphatic carbocycles. The van der Waals surface area contributed by atoms with E-state index >= 15 is 0 Å². The highest BCUT2D eigenvalue weighted by Crippen LogP contribution is 2.32. The Bertz CT molecular complexity index is 596. The zero-order valence-corrected chi connectivity index (χ0v) is 20.8. The number of hydrogen-bond acceptors (Lipinski definition) is 1. The van der Waals surface area contributed by atoms with Gasteiger partial charge in [0.1, 0.15) is 5.82 Å². The van der Waals surface area contributed by atoms with E-state index in [9.17, 15) is 4.39 Å². The minimum atomic E-state index is -0.0995. The summed E-state index contributed by atoms with van der Waals surface area (Å²) in [4.78, 5) is 0. The second-order valence-electron chi connectivity index (χ2n) is 8.02. The second kappa shape index (κ2) is 18.4. The molecule has 1 aromatic carbocycles. The molecule has 172 valence electrons. The van der Waals surface area contributed by atoms with Gasteiger partial charge in [-0.05, 0) is 60.8 Å². The first-order chi connectivity index (χ1) is 14.5. The molecular formula is C28H47FO. The van der Waals surface area contributed by atoms with Gasteiger partial charge in [0.25, 0.3) is 0 Å². The summed E-state index contributed by atoms with van der Waals surface area (Å²) in [5, 5.41) is 0. The summed E-state index contributed by atoms with van der Waals surface area (Å²) < 4.78 is 18.2. The summed E-state index contributed by atoms with van der Waals surface area (Å²) in [6.07, 6.45) is 16.9. The molecule has 0 amide bonds. The minimum absolute atomic E-state index is 0.0995. The van der Waals surface area contributed by atoms with Gasteiger partial charge in [0, 0.05) is 7.11 Å². The fourth-order valence-corrected chi connectivity index (χ4v) is 3.53. The lowest BCUT2D eigenvalue weighted by Gasteiger charge is -2.24. The molecule has 0 aliphatic heterocycles. The third kappa shape index (κ3) is 11.7. The van der Waals surface area contributed by atoms with Crippen LogP contribution in [0.2, 0.25) is 0 Å². The van der Waals surface area contributed by atoms with E-state index in [-0.39, 0.29) is 11.7 Å². The Morgan fingerprint density at radius 2 is 1.53 bits per heavy atom. The van der Waals surface area contributed by atoms with Crippen LogP contribution in [0.5, 0.6) is 0 Å². The maximum Gasteiger partial charge on any atom is 0.126 e. The predicted molar refractivity (Wildman–Crippen MR) is 132 cm³/mol. The monoisotopic (exact) mass is 418 g/mol. The third-order valence-corrected chi connectivity index (χ3v) is 5.33. The molecule has 0 heterocycles. The number of unbranched alkanes of at least 4 members (excludes halogenated alkanes) is 3. The Morgan fingerprint density at radius 3 is 2.00 bits per heavy atom. The molecule has 2 heteroatoms. The van der Waals surface area contributed by atoms with Crippen LogP contribution in [0.3, 0.4) is 0 Å². The van der Waals surface area contributed by atoms with Gasteiger partial charge in [-0.25, -0.2) is 4.39 Å². The SMILES string of the molecule is CC.CC(C)c1ccccc1F.CCCCCC.COC1C=C2CCCCC2=CC1. The van der Waals surface area contributed by atoms with Gasteiger partial charge >= 0.3 is 0 Å². The number of methoxy groups -OCH3 is 1. The average Bonchev–Trinajstić information content (AvgIpc) is 2.79. The maximum absolute atomic E-state index is 12.8. The van der Waals surface area contributed by atoms with E-state index in [1.165, 1.54) is 57.4 Å². The molecule has 0 saturated heterocycles. The molecule has 1 aromatic rings. The van der Waals surface area contributed by atoms with Crippen molar-refractivity contribution in [3.63, 3.8) is 0 Å². The Balaban J connectivity index is 0.000000425. The van der Waals surface area contributed by atoms with Gasteiger partial charge in [-0.2, -0.15) is 0 Å². The molecule has 1 atom stereocenters. The number of benzene rings is 1. The average molecular weight is 419 g/mol. The topological polar surface area (TPSA) is 9.23 Å². The standard InChI is InChI=1S/C11H16O.C9H11F.C6H14.C2H6/c1-12-11-7-6-9-4-2-3-5-10(9)8-11;1-7(2)8-5-3-4-6-9(8)10;1-3-5-6-4-2;1-2/h6,8,11H,2-5,7H2,1H3;3-7H,1-2H3;3-6H2,1-2H3;1-2H3. The van der Waals surface area contributed by atoms with Crippen molar-refractivity contribution < 1.29 is 9.13 Å². The zero-order valence-electron chi connectivity index (χ0n) is 20.8. The molecule has 1 fully saturated rings. The van der Waals surface area contributed by atoms with Crippen LogP contribution >= 0.6 is 0 Å². The van der Waals surface area contributed by atoms with Gasteiger partial charge in [0.05, 0.1) is 6.10 Å². The van der Waals surface area contributed by atoms with E-state index in [2.05, 4.69) is 26.0 Å². The fraction of sp³-hybridized carbons (Fsp3) is 0.643. The highest BCUT2D eigenvalue weighted by molar-refractivity contribution is 5.36. The van der Waals surface area contributed by atoms with Gasteiger partial charge in [-0.15, -0.1) is 0 Å². The summed E-state index contributed by atoms with van der Waals surface area (Å²) >= 11 is 0. The molecule has 1 unspecified atom stereocenters. The molecule has 2 aliphatic rings. The Morgan fingerprint density at radius 1 is 0.967 bits per heavy atom.